The lowest BCUT2D eigenvalue weighted by molar-refractivity contribution is 0.473. The molecule has 1 nitrogen and oxygen atoms in total. The molecule has 0 saturated carbocycles. The highest BCUT2D eigenvalue weighted by atomic mass is 79.9. The molecule has 0 N–H and O–H groups in total. The van der Waals surface area contributed by atoms with Gasteiger partial charge in [-0.05, 0) is 48.2 Å². The van der Waals surface area contributed by atoms with Gasteiger partial charge in [0, 0.05) is 15.4 Å². The van der Waals surface area contributed by atoms with E-state index in [0.717, 1.165) is 32.4 Å². The van der Waals surface area contributed by atoms with E-state index < -0.39 is 0 Å². The Kier molecular flexibility index (Phi) is 5.28. The molecule has 0 amide bonds. The summed E-state index contributed by atoms with van der Waals surface area (Å²) in [4.78, 5) is 0. The van der Waals surface area contributed by atoms with Crippen molar-refractivity contribution in [2.24, 2.45) is 0 Å². The first-order valence-corrected chi connectivity index (χ1v) is 8.55. The van der Waals surface area contributed by atoms with Crippen molar-refractivity contribution in [3.05, 3.63) is 57.6 Å². The van der Waals surface area contributed by atoms with Crippen molar-refractivity contribution in [3.63, 3.8) is 0 Å². The molecule has 2 aromatic rings. The van der Waals surface area contributed by atoms with Gasteiger partial charge in [-0.2, -0.15) is 0 Å². The van der Waals surface area contributed by atoms with Gasteiger partial charge in [-0.15, -0.1) is 0 Å². The minimum atomic E-state index is 0.499. The maximum Gasteiger partial charge on any atom is 0.131 e. The molecule has 2 aromatic carbocycles. The van der Waals surface area contributed by atoms with Gasteiger partial charge in [0.05, 0.1) is 0 Å². The van der Waals surface area contributed by atoms with E-state index in [0.29, 0.717) is 5.92 Å². The zero-order valence-corrected chi connectivity index (χ0v) is 15.1. The smallest absolute Gasteiger partial charge is 0.131 e. The fourth-order valence-corrected chi connectivity index (χ4v) is 2.80. The summed E-state index contributed by atoms with van der Waals surface area (Å²) in [5.74, 6) is 2.33. The Bertz CT molecular complexity index is 606. The van der Waals surface area contributed by atoms with E-state index in [9.17, 15) is 0 Å². The number of aryl methyl sites for hydroxylation is 1. The number of hydrogen-bond donors (Lipinski definition) is 0. The SMILES string of the molecule is Cc1ccc(C(C)C)cc1Oc1ccc(Br)cc1CBr. The number of rotatable bonds is 4. The van der Waals surface area contributed by atoms with Crippen LogP contribution in [0.5, 0.6) is 11.5 Å². The standard InChI is InChI=1S/C17H18Br2O/c1-11(2)13-5-4-12(3)17(9-13)20-16-7-6-15(19)8-14(16)10-18/h4-9,11H,10H2,1-3H3. The van der Waals surface area contributed by atoms with Crippen LogP contribution in [-0.4, -0.2) is 0 Å². The van der Waals surface area contributed by atoms with E-state index in [2.05, 4.69) is 76.9 Å². The minimum Gasteiger partial charge on any atom is -0.457 e. The molecule has 0 heterocycles. The van der Waals surface area contributed by atoms with Gasteiger partial charge < -0.3 is 4.74 Å². The van der Waals surface area contributed by atoms with E-state index >= 15 is 0 Å². The Hall–Kier alpha value is -0.800. The van der Waals surface area contributed by atoms with Gasteiger partial charge in [-0.1, -0.05) is 57.8 Å². The first kappa shape index (κ1) is 15.6. The van der Waals surface area contributed by atoms with Crippen LogP contribution in [0.1, 0.15) is 36.5 Å². The Morgan fingerprint density at radius 1 is 1.05 bits per heavy atom. The molecular weight excluding hydrogens is 380 g/mol. The molecule has 0 aliphatic rings. The van der Waals surface area contributed by atoms with Crippen LogP contribution in [0.2, 0.25) is 0 Å². The van der Waals surface area contributed by atoms with Crippen LogP contribution >= 0.6 is 31.9 Å². The van der Waals surface area contributed by atoms with Gasteiger partial charge in [0.2, 0.25) is 0 Å². The highest BCUT2D eigenvalue weighted by Gasteiger charge is 2.09. The lowest BCUT2D eigenvalue weighted by atomic mass is 10.0. The highest BCUT2D eigenvalue weighted by molar-refractivity contribution is 9.10. The first-order valence-electron chi connectivity index (χ1n) is 6.64. The zero-order chi connectivity index (χ0) is 14.7. The fraction of sp³-hybridized carbons (Fsp3) is 0.294. The summed E-state index contributed by atoms with van der Waals surface area (Å²) in [6.07, 6.45) is 0. The maximum atomic E-state index is 6.13. The van der Waals surface area contributed by atoms with Crippen LogP contribution in [-0.2, 0) is 5.33 Å². The molecule has 0 bridgehead atoms. The van der Waals surface area contributed by atoms with Crippen LogP contribution in [0.4, 0.5) is 0 Å². The van der Waals surface area contributed by atoms with Crippen LogP contribution in [0.25, 0.3) is 0 Å². The Morgan fingerprint density at radius 3 is 2.45 bits per heavy atom. The number of halogens is 2. The van der Waals surface area contributed by atoms with Gasteiger partial charge in [0.1, 0.15) is 11.5 Å². The topological polar surface area (TPSA) is 9.23 Å². The van der Waals surface area contributed by atoms with E-state index in [4.69, 9.17) is 4.74 Å². The van der Waals surface area contributed by atoms with E-state index in [-0.39, 0.29) is 0 Å². The third-order valence-electron chi connectivity index (χ3n) is 3.27. The van der Waals surface area contributed by atoms with Crippen LogP contribution in [0.15, 0.2) is 40.9 Å². The quantitative estimate of drug-likeness (QED) is 0.530. The van der Waals surface area contributed by atoms with Crippen molar-refractivity contribution < 1.29 is 4.74 Å². The third-order valence-corrected chi connectivity index (χ3v) is 4.36. The third kappa shape index (κ3) is 3.64. The van der Waals surface area contributed by atoms with Crippen molar-refractivity contribution >= 4 is 31.9 Å². The van der Waals surface area contributed by atoms with Gasteiger partial charge in [0.25, 0.3) is 0 Å². The van der Waals surface area contributed by atoms with Crippen LogP contribution in [0, 0.1) is 6.92 Å². The van der Waals surface area contributed by atoms with Crippen LogP contribution in [0.3, 0.4) is 0 Å². The van der Waals surface area contributed by atoms with Crippen molar-refractivity contribution in [2.75, 3.05) is 0 Å². The maximum absolute atomic E-state index is 6.13. The molecule has 0 spiro atoms. The van der Waals surface area contributed by atoms with Crippen molar-refractivity contribution in [3.8, 4) is 11.5 Å². The minimum absolute atomic E-state index is 0.499. The summed E-state index contributed by atoms with van der Waals surface area (Å²) in [7, 11) is 0. The molecular formula is C17H18Br2O. The summed E-state index contributed by atoms with van der Waals surface area (Å²) in [6, 6.07) is 12.5. The van der Waals surface area contributed by atoms with Crippen LogP contribution < -0.4 is 4.74 Å². The number of alkyl halides is 1. The molecule has 0 unspecified atom stereocenters. The molecule has 0 aliphatic heterocycles. The Morgan fingerprint density at radius 2 is 1.80 bits per heavy atom. The van der Waals surface area contributed by atoms with Gasteiger partial charge in [-0.25, -0.2) is 0 Å². The number of hydrogen-bond acceptors (Lipinski definition) is 1. The molecule has 0 atom stereocenters. The summed E-state index contributed by atoms with van der Waals surface area (Å²) in [5.41, 5.74) is 3.58. The summed E-state index contributed by atoms with van der Waals surface area (Å²) >= 11 is 7.00. The first-order chi connectivity index (χ1) is 9.51. The van der Waals surface area contributed by atoms with E-state index in [1.165, 1.54) is 5.56 Å². The van der Waals surface area contributed by atoms with E-state index in [1.54, 1.807) is 0 Å². The Balaban J connectivity index is 2.36. The summed E-state index contributed by atoms with van der Waals surface area (Å²) < 4.78 is 7.19. The molecule has 0 aliphatic carbocycles. The van der Waals surface area contributed by atoms with Crippen molar-refractivity contribution in [1.82, 2.24) is 0 Å². The normalized spacial score (nSPS) is 10.9. The molecule has 106 valence electrons. The molecule has 0 fully saturated rings. The molecule has 0 radical (unpaired) electrons. The lowest BCUT2D eigenvalue weighted by Gasteiger charge is -2.14. The summed E-state index contributed by atoms with van der Waals surface area (Å²) in [5, 5.41) is 0.769. The average molecular weight is 398 g/mol. The number of ether oxygens (including phenoxy) is 1. The second-order valence-electron chi connectivity index (χ2n) is 5.17. The predicted molar refractivity (Wildman–Crippen MR) is 92.1 cm³/mol. The van der Waals surface area contributed by atoms with Gasteiger partial charge in [0.15, 0.2) is 0 Å². The monoisotopic (exact) mass is 396 g/mol. The molecule has 2 rings (SSSR count). The largest absolute Gasteiger partial charge is 0.457 e. The molecule has 0 saturated heterocycles. The Labute approximate surface area is 137 Å². The fourth-order valence-electron chi connectivity index (χ4n) is 1.96. The second kappa shape index (κ2) is 6.77. The summed E-state index contributed by atoms with van der Waals surface area (Å²) in [6.45, 7) is 6.46. The predicted octanol–water partition coefficient (Wildman–Crippen LogP) is 6.57. The lowest BCUT2D eigenvalue weighted by Crippen LogP contribution is -1.94. The molecule has 20 heavy (non-hydrogen) atoms. The van der Waals surface area contributed by atoms with Crippen molar-refractivity contribution in [2.45, 2.75) is 32.0 Å². The van der Waals surface area contributed by atoms with Crippen molar-refractivity contribution in [1.29, 1.82) is 0 Å². The highest BCUT2D eigenvalue weighted by Crippen LogP contribution is 2.32. The number of benzene rings is 2. The second-order valence-corrected chi connectivity index (χ2v) is 6.64. The van der Waals surface area contributed by atoms with Gasteiger partial charge >= 0.3 is 0 Å². The van der Waals surface area contributed by atoms with Gasteiger partial charge in [-0.3, -0.25) is 0 Å². The van der Waals surface area contributed by atoms with E-state index in [1.807, 2.05) is 12.1 Å². The average Bonchev–Trinajstić information content (AvgIpc) is 2.42. The zero-order valence-electron chi connectivity index (χ0n) is 11.9. The molecule has 0 aromatic heterocycles. The molecule has 3 heteroatoms.